The van der Waals surface area contributed by atoms with Crippen LogP contribution >= 0.6 is 0 Å². The lowest BCUT2D eigenvalue weighted by Crippen LogP contribution is -2.00. The highest BCUT2D eigenvalue weighted by atomic mass is 16.5. The van der Waals surface area contributed by atoms with Gasteiger partial charge in [0.05, 0.1) is 6.10 Å². The maximum Gasteiger partial charge on any atom is 0.0790 e. The predicted octanol–water partition coefficient (Wildman–Crippen LogP) is 3.27. The zero-order valence-electron chi connectivity index (χ0n) is 10.4. The van der Waals surface area contributed by atoms with Crippen LogP contribution < -0.4 is 0 Å². The first-order valence-corrected chi connectivity index (χ1v) is 5.92. The summed E-state index contributed by atoms with van der Waals surface area (Å²) in [5.41, 5.74) is 2.31. The van der Waals surface area contributed by atoms with Crippen molar-refractivity contribution in [3.05, 3.63) is 35.4 Å². The maximum absolute atomic E-state index is 9.92. The van der Waals surface area contributed by atoms with E-state index in [2.05, 4.69) is 26.0 Å². The van der Waals surface area contributed by atoms with Crippen LogP contribution in [-0.2, 0) is 4.74 Å². The summed E-state index contributed by atoms with van der Waals surface area (Å²) < 4.78 is 4.97. The van der Waals surface area contributed by atoms with Gasteiger partial charge in [0.2, 0.25) is 0 Å². The van der Waals surface area contributed by atoms with Gasteiger partial charge in [-0.25, -0.2) is 0 Å². The van der Waals surface area contributed by atoms with E-state index in [1.165, 1.54) is 5.56 Å². The van der Waals surface area contributed by atoms with Gasteiger partial charge in [-0.05, 0) is 29.9 Å². The summed E-state index contributed by atoms with van der Waals surface area (Å²) >= 11 is 0. The Morgan fingerprint density at radius 2 is 1.69 bits per heavy atom. The topological polar surface area (TPSA) is 29.5 Å². The number of hydrogen-bond donors (Lipinski definition) is 1. The van der Waals surface area contributed by atoms with Crippen LogP contribution in [0.1, 0.15) is 49.8 Å². The van der Waals surface area contributed by atoms with Crippen molar-refractivity contribution < 1.29 is 9.84 Å². The molecule has 90 valence electrons. The average molecular weight is 222 g/mol. The lowest BCUT2D eigenvalue weighted by molar-refractivity contribution is 0.136. The number of benzene rings is 1. The van der Waals surface area contributed by atoms with E-state index in [-0.39, 0.29) is 6.10 Å². The molecule has 16 heavy (non-hydrogen) atoms. The van der Waals surface area contributed by atoms with E-state index < -0.39 is 0 Å². The summed E-state index contributed by atoms with van der Waals surface area (Å²) in [7, 11) is 1.68. The Hall–Kier alpha value is -0.860. The summed E-state index contributed by atoms with van der Waals surface area (Å²) in [6.45, 7) is 5.05. The molecule has 0 spiro atoms. The van der Waals surface area contributed by atoms with Crippen molar-refractivity contribution in [3.63, 3.8) is 0 Å². The Morgan fingerprint density at radius 1 is 1.12 bits per heavy atom. The van der Waals surface area contributed by atoms with E-state index in [9.17, 15) is 5.11 Å². The molecule has 2 heteroatoms. The fourth-order valence-corrected chi connectivity index (χ4v) is 1.69. The number of methoxy groups -OCH3 is 1. The molecule has 0 aliphatic rings. The monoisotopic (exact) mass is 222 g/mol. The van der Waals surface area contributed by atoms with E-state index in [1.807, 2.05) is 12.1 Å². The first-order chi connectivity index (χ1) is 7.65. The Morgan fingerprint density at radius 3 is 2.19 bits per heavy atom. The molecule has 0 aliphatic carbocycles. The minimum atomic E-state index is -0.364. The molecule has 1 atom stereocenters. The van der Waals surface area contributed by atoms with Gasteiger partial charge in [0.25, 0.3) is 0 Å². The quantitative estimate of drug-likeness (QED) is 0.748. The Kier molecular flexibility index (Phi) is 5.50. The van der Waals surface area contributed by atoms with Crippen molar-refractivity contribution in [2.24, 2.45) is 0 Å². The third kappa shape index (κ3) is 3.95. The summed E-state index contributed by atoms with van der Waals surface area (Å²) in [5.74, 6) is 0.541. The Bertz CT molecular complexity index is 290. The highest BCUT2D eigenvalue weighted by Gasteiger charge is 2.07. The van der Waals surface area contributed by atoms with E-state index in [4.69, 9.17) is 4.74 Å². The van der Waals surface area contributed by atoms with Crippen LogP contribution in [0.5, 0.6) is 0 Å². The zero-order chi connectivity index (χ0) is 12.0. The van der Waals surface area contributed by atoms with E-state index >= 15 is 0 Å². The maximum atomic E-state index is 9.92. The lowest BCUT2D eigenvalue weighted by atomic mass is 9.98. The van der Waals surface area contributed by atoms with Crippen LogP contribution in [0, 0.1) is 0 Å². The molecule has 0 amide bonds. The van der Waals surface area contributed by atoms with Crippen molar-refractivity contribution in [1.29, 1.82) is 0 Å². The first kappa shape index (κ1) is 13.2. The Balaban J connectivity index is 2.52. The average Bonchev–Trinajstić information content (AvgIpc) is 2.29. The molecule has 0 fully saturated rings. The van der Waals surface area contributed by atoms with Gasteiger partial charge < -0.3 is 9.84 Å². The van der Waals surface area contributed by atoms with E-state index in [1.54, 1.807) is 7.11 Å². The molecule has 0 aliphatic heterocycles. The minimum Gasteiger partial charge on any atom is -0.388 e. The lowest BCUT2D eigenvalue weighted by Gasteiger charge is -2.12. The van der Waals surface area contributed by atoms with Gasteiger partial charge >= 0.3 is 0 Å². The second kappa shape index (κ2) is 6.66. The van der Waals surface area contributed by atoms with Gasteiger partial charge in [0, 0.05) is 13.7 Å². The van der Waals surface area contributed by atoms with Crippen LogP contribution in [0.3, 0.4) is 0 Å². The summed E-state index contributed by atoms with van der Waals surface area (Å²) in [4.78, 5) is 0. The molecular weight excluding hydrogens is 200 g/mol. The molecule has 0 saturated heterocycles. The molecule has 0 bridgehead atoms. The van der Waals surface area contributed by atoms with Crippen molar-refractivity contribution in [2.75, 3.05) is 13.7 Å². The fraction of sp³-hybridized carbons (Fsp3) is 0.571. The number of aliphatic hydroxyl groups is 1. The predicted molar refractivity (Wildman–Crippen MR) is 66.6 cm³/mol. The second-order valence-corrected chi connectivity index (χ2v) is 4.47. The summed E-state index contributed by atoms with van der Waals surface area (Å²) in [5, 5.41) is 9.92. The minimum absolute atomic E-state index is 0.364. The standard InChI is InChI=1S/C14H22O2/c1-11(2)12-6-8-13(9-7-12)14(15)5-4-10-16-3/h6-9,11,14-15H,4-5,10H2,1-3H3. The summed E-state index contributed by atoms with van der Waals surface area (Å²) in [6.07, 6.45) is 1.29. The van der Waals surface area contributed by atoms with Gasteiger partial charge in [-0.3, -0.25) is 0 Å². The fourth-order valence-electron chi connectivity index (χ4n) is 1.69. The SMILES string of the molecule is COCCCC(O)c1ccc(C(C)C)cc1. The second-order valence-electron chi connectivity index (χ2n) is 4.47. The van der Waals surface area contributed by atoms with Crippen LogP contribution in [0.25, 0.3) is 0 Å². The van der Waals surface area contributed by atoms with E-state index in [0.717, 1.165) is 18.4 Å². The largest absolute Gasteiger partial charge is 0.388 e. The van der Waals surface area contributed by atoms with Crippen molar-refractivity contribution in [3.8, 4) is 0 Å². The number of hydrogen-bond acceptors (Lipinski definition) is 2. The normalized spacial score (nSPS) is 13.1. The van der Waals surface area contributed by atoms with Gasteiger partial charge in [-0.2, -0.15) is 0 Å². The van der Waals surface area contributed by atoms with Crippen molar-refractivity contribution in [1.82, 2.24) is 0 Å². The molecule has 1 aromatic carbocycles. The molecule has 0 heterocycles. The third-order valence-corrected chi connectivity index (χ3v) is 2.81. The van der Waals surface area contributed by atoms with Gasteiger partial charge in [-0.1, -0.05) is 38.1 Å². The van der Waals surface area contributed by atoms with Crippen LogP contribution in [0.2, 0.25) is 0 Å². The third-order valence-electron chi connectivity index (χ3n) is 2.81. The van der Waals surface area contributed by atoms with Crippen LogP contribution in [0.15, 0.2) is 24.3 Å². The number of ether oxygens (including phenoxy) is 1. The van der Waals surface area contributed by atoms with Gasteiger partial charge in [0.1, 0.15) is 0 Å². The molecule has 1 aromatic rings. The van der Waals surface area contributed by atoms with E-state index in [0.29, 0.717) is 12.5 Å². The number of rotatable bonds is 6. The zero-order valence-corrected chi connectivity index (χ0v) is 10.4. The first-order valence-electron chi connectivity index (χ1n) is 5.92. The highest BCUT2D eigenvalue weighted by molar-refractivity contribution is 5.25. The molecule has 0 aromatic heterocycles. The number of aliphatic hydroxyl groups excluding tert-OH is 1. The molecule has 1 rings (SSSR count). The molecule has 1 N–H and O–H groups in total. The summed E-state index contributed by atoms with van der Waals surface area (Å²) in [6, 6.07) is 8.23. The smallest absolute Gasteiger partial charge is 0.0790 e. The molecule has 1 unspecified atom stereocenters. The van der Waals surface area contributed by atoms with Crippen LogP contribution in [-0.4, -0.2) is 18.8 Å². The molecule has 2 nitrogen and oxygen atoms in total. The Labute approximate surface area is 98.3 Å². The van der Waals surface area contributed by atoms with Gasteiger partial charge in [-0.15, -0.1) is 0 Å². The van der Waals surface area contributed by atoms with Gasteiger partial charge in [0.15, 0.2) is 0 Å². The molecular formula is C14H22O2. The molecule has 0 radical (unpaired) electrons. The highest BCUT2D eigenvalue weighted by Crippen LogP contribution is 2.21. The van der Waals surface area contributed by atoms with Crippen molar-refractivity contribution >= 4 is 0 Å². The van der Waals surface area contributed by atoms with Crippen LogP contribution in [0.4, 0.5) is 0 Å². The van der Waals surface area contributed by atoms with Crippen molar-refractivity contribution in [2.45, 2.75) is 38.7 Å². The molecule has 0 saturated carbocycles.